The number of nitrogens with zero attached hydrogens (tertiary/aromatic N) is 1. The highest BCUT2D eigenvalue weighted by Crippen LogP contribution is 2.16. The van der Waals surface area contributed by atoms with Crippen molar-refractivity contribution in [1.29, 1.82) is 0 Å². The Hall–Kier alpha value is -2.12. The molecule has 0 saturated heterocycles. The van der Waals surface area contributed by atoms with Gasteiger partial charge >= 0.3 is 0 Å². The molecule has 1 N–H and O–H groups in total. The Labute approximate surface area is 145 Å². The predicted molar refractivity (Wildman–Crippen MR) is 92.2 cm³/mol. The van der Waals surface area contributed by atoms with Crippen molar-refractivity contribution in [1.82, 2.24) is 4.98 Å². The number of sulfone groups is 1. The zero-order valence-electron chi connectivity index (χ0n) is 13.0. The van der Waals surface area contributed by atoms with Gasteiger partial charge in [0, 0.05) is 12.7 Å². The molecule has 1 heterocycles. The Balaban J connectivity index is 1.72. The van der Waals surface area contributed by atoms with Crippen LogP contribution in [0.15, 0.2) is 47.5 Å². The van der Waals surface area contributed by atoms with Gasteiger partial charge < -0.3 is 10.1 Å². The maximum Gasteiger partial charge on any atom is 0.224 e. The van der Waals surface area contributed by atoms with Crippen LogP contribution in [0.1, 0.15) is 12.8 Å². The molecule has 0 spiro atoms. The van der Waals surface area contributed by atoms with Gasteiger partial charge in [-0.05, 0) is 42.8 Å². The lowest BCUT2D eigenvalue weighted by atomic mass is 10.3. The molecule has 2 rings (SSSR count). The number of carbonyl (C=O) groups is 1. The monoisotopic (exact) mass is 368 g/mol. The summed E-state index contributed by atoms with van der Waals surface area (Å²) in [6.45, 7) is 0.352. The molecular formula is C16H17ClN2O4S. The standard InChI is InChI=1S/C16H17ClN2O4S/c1-24(21,22)14-7-5-13(6-8-14)23-10-2-3-16(20)19-12-4-9-15(17)18-11-12/h4-9,11H,2-3,10H2,1H3,(H,19,20). The van der Waals surface area contributed by atoms with Crippen LogP contribution in [0.4, 0.5) is 5.69 Å². The number of rotatable bonds is 7. The highest BCUT2D eigenvalue weighted by atomic mass is 35.5. The summed E-state index contributed by atoms with van der Waals surface area (Å²) in [5.74, 6) is 0.417. The number of nitrogens with one attached hydrogen (secondary N) is 1. The molecule has 0 fully saturated rings. The van der Waals surface area contributed by atoms with E-state index >= 15 is 0 Å². The number of pyridine rings is 1. The molecule has 2 aromatic rings. The predicted octanol–water partition coefficient (Wildman–Crippen LogP) is 2.94. The van der Waals surface area contributed by atoms with Crippen molar-refractivity contribution in [3.8, 4) is 5.75 Å². The number of hydrogen-bond acceptors (Lipinski definition) is 5. The van der Waals surface area contributed by atoms with Gasteiger partial charge in [0.1, 0.15) is 10.9 Å². The van der Waals surface area contributed by atoms with Crippen molar-refractivity contribution in [3.63, 3.8) is 0 Å². The molecule has 0 unspecified atom stereocenters. The van der Waals surface area contributed by atoms with E-state index in [-0.39, 0.29) is 10.8 Å². The van der Waals surface area contributed by atoms with Crippen molar-refractivity contribution in [2.24, 2.45) is 0 Å². The molecule has 128 valence electrons. The molecular weight excluding hydrogens is 352 g/mol. The third-order valence-electron chi connectivity index (χ3n) is 3.08. The van der Waals surface area contributed by atoms with Crippen LogP contribution >= 0.6 is 11.6 Å². The second kappa shape index (κ2) is 8.12. The van der Waals surface area contributed by atoms with E-state index in [1.807, 2.05) is 0 Å². The number of benzene rings is 1. The van der Waals surface area contributed by atoms with Crippen LogP contribution in [-0.4, -0.2) is 32.2 Å². The van der Waals surface area contributed by atoms with Gasteiger partial charge in [-0.3, -0.25) is 4.79 Å². The average molecular weight is 369 g/mol. The van der Waals surface area contributed by atoms with Crippen LogP contribution in [0.5, 0.6) is 5.75 Å². The molecule has 0 atom stereocenters. The molecule has 1 amide bonds. The molecule has 0 bridgehead atoms. The van der Waals surface area contributed by atoms with Crippen LogP contribution in [0.3, 0.4) is 0 Å². The Morgan fingerprint density at radius 2 is 1.92 bits per heavy atom. The molecule has 0 aliphatic rings. The smallest absolute Gasteiger partial charge is 0.224 e. The average Bonchev–Trinajstić information content (AvgIpc) is 2.53. The fourth-order valence-corrected chi connectivity index (χ4v) is 2.62. The van der Waals surface area contributed by atoms with Crippen LogP contribution in [0.2, 0.25) is 5.15 Å². The van der Waals surface area contributed by atoms with E-state index in [4.69, 9.17) is 16.3 Å². The molecule has 24 heavy (non-hydrogen) atoms. The van der Waals surface area contributed by atoms with E-state index < -0.39 is 9.84 Å². The maximum absolute atomic E-state index is 11.8. The first-order valence-corrected chi connectivity index (χ1v) is 9.46. The third-order valence-corrected chi connectivity index (χ3v) is 4.43. The normalized spacial score (nSPS) is 11.1. The summed E-state index contributed by atoms with van der Waals surface area (Å²) in [5.41, 5.74) is 0.585. The highest BCUT2D eigenvalue weighted by molar-refractivity contribution is 7.90. The first-order chi connectivity index (χ1) is 11.3. The second-order valence-electron chi connectivity index (χ2n) is 5.11. The van der Waals surface area contributed by atoms with Gasteiger partial charge in [-0.1, -0.05) is 11.6 Å². The Morgan fingerprint density at radius 3 is 2.50 bits per heavy atom. The summed E-state index contributed by atoms with van der Waals surface area (Å²) in [6.07, 6.45) is 3.46. The van der Waals surface area contributed by atoms with Crippen molar-refractivity contribution in [2.75, 3.05) is 18.2 Å². The molecule has 6 nitrogen and oxygen atoms in total. The quantitative estimate of drug-likeness (QED) is 0.600. The van der Waals surface area contributed by atoms with Gasteiger partial charge in [-0.2, -0.15) is 0 Å². The molecule has 0 radical (unpaired) electrons. The number of amides is 1. The van der Waals surface area contributed by atoms with E-state index in [1.165, 1.54) is 18.3 Å². The Morgan fingerprint density at radius 1 is 1.21 bits per heavy atom. The molecule has 1 aromatic heterocycles. The van der Waals surface area contributed by atoms with E-state index in [9.17, 15) is 13.2 Å². The van der Waals surface area contributed by atoms with Gasteiger partial charge in [-0.25, -0.2) is 13.4 Å². The van der Waals surface area contributed by atoms with Crippen molar-refractivity contribution < 1.29 is 17.9 Å². The first-order valence-electron chi connectivity index (χ1n) is 7.19. The van der Waals surface area contributed by atoms with Gasteiger partial charge in [0.05, 0.1) is 23.4 Å². The zero-order valence-corrected chi connectivity index (χ0v) is 14.6. The number of hydrogen-bond donors (Lipinski definition) is 1. The number of carbonyl (C=O) groups excluding carboxylic acids is 1. The van der Waals surface area contributed by atoms with Crippen molar-refractivity contribution >= 4 is 33.0 Å². The lowest BCUT2D eigenvalue weighted by Gasteiger charge is -2.07. The Kier molecular flexibility index (Phi) is 6.16. The topological polar surface area (TPSA) is 85.4 Å². The first kappa shape index (κ1) is 18.2. The van der Waals surface area contributed by atoms with E-state index in [0.717, 1.165) is 6.26 Å². The van der Waals surface area contributed by atoms with Gasteiger partial charge in [0.25, 0.3) is 0 Å². The maximum atomic E-state index is 11.8. The number of halogens is 1. The van der Waals surface area contributed by atoms with Gasteiger partial charge in [-0.15, -0.1) is 0 Å². The van der Waals surface area contributed by atoms with E-state index in [1.54, 1.807) is 24.3 Å². The van der Waals surface area contributed by atoms with Crippen LogP contribution in [-0.2, 0) is 14.6 Å². The van der Waals surface area contributed by atoms with Gasteiger partial charge in [0.15, 0.2) is 9.84 Å². The second-order valence-corrected chi connectivity index (χ2v) is 7.52. The Bertz CT molecular complexity index is 790. The number of aromatic nitrogens is 1. The lowest BCUT2D eigenvalue weighted by molar-refractivity contribution is -0.116. The molecule has 1 aromatic carbocycles. The third kappa shape index (κ3) is 5.82. The fourth-order valence-electron chi connectivity index (χ4n) is 1.88. The van der Waals surface area contributed by atoms with Crippen LogP contribution in [0.25, 0.3) is 0 Å². The fraction of sp³-hybridized carbons (Fsp3) is 0.250. The number of anilines is 1. The van der Waals surface area contributed by atoms with E-state index in [2.05, 4.69) is 10.3 Å². The molecule has 8 heteroatoms. The summed E-state index contributed by atoms with van der Waals surface area (Å²) < 4.78 is 28.2. The minimum atomic E-state index is -3.21. The summed E-state index contributed by atoms with van der Waals surface area (Å²) in [7, 11) is -3.21. The summed E-state index contributed by atoms with van der Waals surface area (Å²) in [4.78, 5) is 15.9. The van der Waals surface area contributed by atoms with Crippen molar-refractivity contribution in [2.45, 2.75) is 17.7 Å². The van der Waals surface area contributed by atoms with Crippen LogP contribution in [0, 0.1) is 0 Å². The van der Waals surface area contributed by atoms with Crippen molar-refractivity contribution in [3.05, 3.63) is 47.7 Å². The SMILES string of the molecule is CS(=O)(=O)c1ccc(OCCCC(=O)Nc2ccc(Cl)nc2)cc1. The largest absolute Gasteiger partial charge is 0.494 e. The summed E-state index contributed by atoms with van der Waals surface area (Å²) in [5, 5.41) is 3.07. The van der Waals surface area contributed by atoms with E-state index in [0.29, 0.717) is 36.0 Å². The minimum Gasteiger partial charge on any atom is -0.494 e. The molecule has 0 aliphatic carbocycles. The number of ether oxygens (including phenoxy) is 1. The zero-order chi connectivity index (χ0) is 17.6. The highest BCUT2D eigenvalue weighted by Gasteiger charge is 2.07. The van der Waals surface area contributed by atoms with Gasteiger partial charge in [0.2, 0.25) is 5.91 Å². The molecule has 0 saturated carbocycles. The summed E-state index contributed by atoms with van der Waals surface area (Å²) in [6, 6.07) is 9.44. The molecule has 0 aliphatic heterocycles. The summed E-state index contributed by atoms with van der Waals surface area (Å²) >= 11 is 5.67. The lowest BCUT2D eigenvalue weighted by Crippen LogP contribution is -2.13. The van der Waals surface area contributed by atoms with Crippen LogP contribution < -0.4 is 10.1 Å². The minimum absolute atomic E-state index is 0.143.